The zero-order valence-electron chi connectivity index (χ0n) is 10.6. The molecule has 0 bridgehead atoms. The molecule has 0 aliphatic carbocycles. The summed E-state index contributed by atoms with van der Waals surface area (Å²) in [6.07, 6.45) is 4.34. The molecule has 1 atom stereocenters. The molecule has 100 valence electrons. The number of rotatable bonds is 6. The Morgan fingerprint density at radius 2 is 2.18 bits per heavy atom. The number of carbonyl (C=O) groups excluding carboxylic acids is 1. The molecule has 0 spiro atoms. The molecule has 6 heteroatoms. The van der Waals surface area contributed by atoms with Crippen LogP contribution in [0.25, 0.3) is 0 Å². The molecule has 1 fully saturated rings. The predicted molar refractivity (Wildman–Crippen MR) is 67.6 cm³/mol. The predicted octanol–water partition coefficient (Wildman–Crippen LogP) is 0.0695. The van der Waals surface area contributed by atoms with Crippen molar-refractivity contribution in [3.05, 3.63) is 0 Å². The summed E-state index contributed by atoms with van der Waals surface area (Å²) in [5.41, 5.74) is -0.426. The van der Waals surface area contributed by atoms with E-state index in [1.807, 2.05) is 6.92 Å². The monoisotopic (exact) mass is 262 g/mol. The SMILES string of the molecule is CCC1(C(=O)NCCCS(C)(=O)=O)CCCN1. The molecule has 2 N–H and O–H groups in total. The van der Waals surface area contributed by atoms with Crippen LogP contribution in [0.1, 0.15) is 32.6 Å². The summed E-state index contributed by atoms with van der Waals surface area (Å²) in [7, 11) is -2.93. The molecule has 1 rings (SSSR count). The van der Waals surface area contributed by atoms with Gasteiger partial charge in [-0.3, -0.25) is 4.79 Å². The molecule has 0 aromatic heterocycles. The average Bonchev–Trinajstić information content (AvgIpc) is 2.72. The van der Waals surface area contributed by atoms with E-state index in [4.69, 9.17) is 0 Å². The maximum absolute atomic E-state index is 12.0. The topological polar surface area (TPSA) is 75.3 Å². The summed E-state index contributed by atoms with van der Waals surface area (Å²) < 4.78 is 21.9. The van der Waals surface area contributed by atoms with Crippen molar-refractivity contribution in [3.8, 4) is 0 Å². The van der Waals surface area contributed by atoms with E-state index in [2.05, 4.69) is 10.6 Å². The molecule has 17 heavy (non-hydrogen) atoms. The normalized spacial score (nSPS) is 24.8. The van der Waals surface area contributed by atoms with Crippen molar-refractivity contribution in [1.29, 1.82) is 0 Å². The molecule has 1 aliphatic heterocycles. The summed E-state index contributed by atoms with van der Waals surface area (Å²) in [4.78, 5) is 12.0. The Labute approximate surface area is 103 Å². The van der Waals surface area contributed by atoms with Crippen LogP contribution in [0, 0.1) is 0 Å². The number of sulfone groups is 1. The fourth-order valence-corrected chi connectivity index (χ4v) is 2.84. The van der Waals surface area contributed by atoms with Gasteiger partial charge in [-0.1, -0.05) is 6.92 Å². The fourth-order valence-electron chi connectivity index (χ4n) is 2.17. The van der Waals surface area contributed by atoms with Crippen LogP contribution in [-0.4, -0.2) is 45.0 Å². The summed E-state index contributed by atoms with van der Waals surface area (Å²) >= 11 is 0. The maximum atomic E-state index is 12.0. The Hall–Kier alpha value is -0.620. The Kier molecular flexibility index (Phi) is 4.94. The van der Waals surface area contributed by atoms with Crippen molar-refractivity contribution in [2.24, 2.45) is 0 Å². The zero-order valence-corrected chi connectivity index (χ0v) is 11.4. The third-order valence-electron chi connectivity index (χ3n) is 3.26. The van der Waals surface area contributed by atoms with Crippen molar-refractivity contribution in [1.82, 2.24) is 10.6 Å². The van der Waals surface area contributed by atoms with Gasteiger partial charge in [-0.15, -0.1) is 0 Å². The summed E-state index contributed by atoms with van der Waals surface area (Å²) in [6, 6.07) is 0. The van der Waals surface area contributed by atoms with Gasteiger partial charge in [-0.2, -0.15) is 0 Å². The number of hydrogen-bond acceptors (Lipinski definition) is 4. The highest BCUT2D eigenvalue weighted by Crippen LogP contribution is 2.22. The maximum Gasteiger partial charge on any atom is 0.240 e. The molecular formula is C11H22N2O3S. The van der Waals surface area contributed by atoms with Crippen LogP contribution in [0.3, 0.4) is 0 Å². The van der Waals surface area contributed by atoms with Crippen LogP contribution in [0.15, 0.2) is 0 Å². The van der Waals surface area contributed by atoms with Crippen LogP contribution in [-0.2, 0) is 14.6 Å². The first-order valence-electron chi connectivity index (χ1n) is 6.11. The van der Waals surface area contributed by atoms with Crippen molar-refractivity contribution < 1.29 is 13.2 Å². The third kappa shape index (κ3) is 4.27. The summed E-state index contributed by atoms with van der Waals surface area (Å²) in [5, 5.41) is 6.07. The van der Waals surface area contributed by atoms with Gasteiger partial charge in [0.05, 0.1) is 11.3 Å². The van der Waals surface area contributed by atoms with Gasteiger partial charge in [0.2, 0.25) is 5.91 Å². The second-order valence-electron chi connectivity index (χ2n) is 4.71. The van der Waals surface area contributed by atoms with Crippen LogP contribution in [0.5, 0.6) is 0 Å². The van der Waals surface area contributed by atoms with Crippen molar-refractivity contribution in [2.75, 3.05) is 25.1 Å². The average molecular weight is 262 g/mol. The molecule has 1 heterocycles. The standard InChI is InChI=1S/C11H22N2O3S/c1-3-11(6-4-8-13-11)10(14)12-7-5-9-17(2,15)16/h13H,3-9H2,1-2H3,(H,12,14). The minimum Gasteiger partial charge on any atom is -0.354 e. The minimum atomic E-state index is -2.93. The van der Waals surface area contributed by atoms with Gasteiger partial charge >= 0.3 is 0 Å². The van der Waals surface area contributed by atoms with E-state index in [-0.39, 0.29) is 11.7 Å². The second-order valence-corrected chi connectivity index (χ2v) is 6.97. The lowest BCUT2D eigenvalue weighted by atomic mass is 9.93. The minimum absolute atomic E-state index is 0.00556. The molecular weight excluding hydrogens is 240 g/mol. The van der Waals surface area contributed by atoms with Gasteiger partial charge < -0.3 is 10.6 Å². The lowest BCUT2D eigenvalue weighted by molar-refractivity contribution is -0.127. The van der Waals surface area contributed by atoms with E-state index < -0.39 is 15.4 Å². The van der Waals surface area contributed by atoms with Crippen LogP contribution in [0.2, 0.25) is 0 Å². The Morgan fingerprint density at radius 1 is 1.47 bits per heavy atom. The Bertz CT molecular complexity index is 359. The molecule has 0 radical (unpaired) electrons. The summed E-state index contributed by atoms with van der Waals surface area (Å²) in [5.74, 6) is 0.130. The second kappa shape index (κ2) is 5.82. The highest BCUT2D eigenvalue weighted by atomic mass is 32.2. The van der Waals surface area contributed by atoms with Gasteiger partial charge in [-0.25, -0.2) is 8.42 Å². The molecule has 1 unspecified atom stereocenters. The van der Waals surface area contributed by atoms with E-state index in [1.165, 1.54) is 6.26 Å². The summed E-state index contributed by atoms with van der Waals surface area (Å²) in [6.45, 7) is 3.30. The van der Waals surface area contributed by atoms with Crippen molar-refractivity contribution in [2.45, 2.75) is 38.1 Å². The van der Waals surface area contributed by atoms with E-state index in [0.29, 0.717) is 13.0 Å². The lowest BCUT2D eigenvalue weighted by Gasteiger charge is -2.26. The highest BCUT2D eigenvalue weighted by Gasteiger charge is 2.38. The number of hydrogen-bond donors (Lipinski definition) is 2. The number of amides is 1. The Balaban J connectivity index is 2.34. The van der Waals surface area contributed by atoms with Crippen molar-refractivity contribution in [3.63, 3.8) is 0 Å². The molecule has 0 aromatic rings. The van der Waals surface area contributed by atoms with Crippen LogP contribution in [0.4, 0.5) is 0 Å². The molecule has 5 nitrogen and oxygen atoms in total. The number of nitrogens with one attached hydrogen (secondary N) is 2. The molecule has 1 amide bonds. The Morgan fingerprint density at radius 3 is 2.65 bits per heavy atom. The highest BCUT2D eigenvalue weighted by molar-refractivity contribution is 7.90. The van der Waals surface area contributed by atoms with Gasteiger partial charge in [0.25, 0.3) is 0 Å². The third-order valence-corrected chi connectivity index (χ3v) is 4.29. The van der Waals surface area contributed by atoms with E-state index >= 15 is 0 Å². The van der Waals surface area contributed by atoms with Gasteiger partial charge in [-0.05, 0) is 32.2 Å². The quantitative estimate of drug-likeness (QED) is 0.664. The number of carbonyl (C=O) groups is 1. The molecule has 1 saturated heterocycles. The first-order chi connectivity index (χ1) is 7.90. The fraction of sp³-hybridized carbons (Fsp3) is 0.909. The molecule has 1 aliphatic rings. The van der Waals surface area contributed by atoms with Crippen LogP contribution < -0.4 is 10.6 Å². The largest absolute Gasteiger partial charge is 0.354 e. The van der Waals surface area contributed by atoms with Gasteiger partial charge in [0.1, 0.15) is 9.84 Å². The smallest absolute Gasteiger partial charge is 0.240 e. The van der Waals surface area contributed by atoms with Crippen LogP contribution >= 0.6 is 0 Å². The molecule has 0 aromatic carbocycles. The van der Waals surface area contributed by atoms with E-state index in [0.717, 1.165) is 25.8 Å². The first-order valence-corrected chi connectivity index (χ1v) is 8.17. The van der Waals surface area contributed by atoms with E-state index in [9.17, 15) is 13.2 Å². The van der Waals surface area contributed by atoms with Gasteiger partial charge in [0, 0.05) is 12.8 Å². The first kappa shape index (κ1) is 14.4. The molecule has 0 saturated carbocycles. The van der Waals surface area contributed by atoms with Gasteiger partial charge in [0.15, 0.2) is 0 Å². The van der Waals surface area contributed by atoms with E-state index in [1.54, 1.807) is 0 Å². The zero-order chi connectivity index (χ0) is 12.9. The van der Waals surface area contributed by atoms with Crippen molar-refractivity contribution >= 4 is 15.7 Å². The lowest BCUT2D eigenvalue weighted by Crippen LogP contribution is -2.53.